The average molecular weight is 899 g/mol. The minimum absolute atomic E-state index is 0.0279. The van der Waals surface area contributed by atoms with Crippen LogP contribution in [0.3, 0.4) is 0 Å². The summed E-state index contributed by atoms with van der Waals surface area (Å²) < 4.78 is 48.1. The van der Waals surface area contributed by atoms with Crippen molar-refractivity contribution in [2.24, 2.45) is 0 Å². The lowest BCUT2D eigenvalue weighted by Gasteiger charge is -2.62. The van der Waals surface area contributed by atoms with E-state index in [2.05, 4.69) is 21.2 Å². The van der Waals surface area contributed by atoms with E-state index < -0.39 is 58.7 Å². The van der Waals surface area contributed by atoms with Crippen molar-refractivity contribution in [3.8, 4) is 46.3 Å². The number of nitrogens with zero attached hydrogens (tertiary/aromatic N) is 3. The minimum Gasteiger partial charge on any atom is -0.504 e. The molecule has 7 atom stereocenters. The number of esters is 2. The van der Waals surface area contributed by atoms with E-state index in [4.69, 9.17) is 37.9 Å². The second kappa shape index (κ2) is 16.2. The van der Waals surface area contributed by atoms with Gasteiger partial charge in [-0.2, -0.15) is 5.26 Å². The molecule has 7 heterocycles. The molecule has 0 amide bonds. The molecule has 0 saturated carbocycles. The molecule has 64 heavy (non-hydrogen) atoms. The normalized spacial score (nSPS) is 26.7. The van der Waals surface area contributed by atoms with E-state index in [1.165, 1.54) is 26.0 Å². The number of nitrogens with one attached hydrogen (secondary N) is 1. The summed E-state index contributed by atoms with van der Waals surface area (Å²) >= 11 is 1.47. The quantitative estimate of drug-likeness (QED) is 0.158. The lowest BCUT2D eigenvalue weighted by molar-refractivity contribution is -0.157. The zero-order valence-electron chi connectivity index (χ0n) is 37.5. The molecule has 3 aromatic carbocycles. The first kappa shape index (κ1) is 43.8. The van der Waals surface area contributed by atoms with E-state index in [0.717, 1.165) is 16.7 Å². The zero-order chi connectivity index (χ0) is 45.6. The summed E-state index contributed by atoms with van der Waals surface area (Å²) in [7, 11) is 4.98. The molecule has 2 fully saturated rings. The fraction of sp³-hybridized carbons (Fsp3) is 0.532. The van der Waals surface area contributed by atoms with Crippen molar-refractivity contribution >= 4 is 29.9 Å². The second-order valence-electron chi connectivity index (χ2n) is 18.3. The van der Waals surface area contributed by atoms with Crippen LogP contribution in [0, 0.1) is 25.2 Å². The highest BCUT2D eigenvalue weighted by atomic mass is 32.2. The largest absolute Gasteiger partial charge is 0.514 e. The third-order valence-electron chi connectivity index (χ3n) is 13.4. The van der Waals surface area contributed by atoms with Gasteiger partial charge in [-0.05, 0) is 95.3 Å². The smallest absolute Gasteiger partial charge is 0.504 e. The molecule has 7 aliphatic rings. The maximum atomic E-state index is 15.1. The third kappa shape index (κ3) is 6.78. The van der Waals surface area contributed by atoms with Crippen LogP contribution in [0.1, 0.15) is 102 Å². The van der Waals surface area contributed by atoms with Gasteiger partial charge in [-0.15, -0.1) is 11.8 Å². The van der Waals surface area contributed by atoms with E-state index >= 15 is 4.79 Å². The summed E-state index contributed by atoms with van der Waals surface area (Å²) in [5, 5.41) is 26.4. The first-order valence-corrected chi connectivity index (χ1v) is 22.7. The second-order valence-corrected chi connectivity index (χ2v) is 19.4. The highest BCUT2D eigenvalue weighted by molar-refractivity contribution is 7.99. The molecule has 16 nitrogen and oxygen atoms in total. The van der Waals surface area contributed by atoms with E-state index in [-0.39, 0.29) is 48.9 Å². The molecule has 17 heteroatoms. The maximum absolute atomic E-state index is 15.1. The monoisotopic (exact) mass is 898 g/mol. The fourth-order valence-corrected chi connectivity index (χ4v) is 12.5. The average Bonchev–Trinajstić information content (AvgIpc) is 3.73. The van der Waals surface area contributed by atoms with Crippen LogP contribution in [-0.4, -0.2) is 104 Å². The Morgan fingerprint density at radius 3 is 2.48 bits per heavy atom. The number of likely N-dealkylation sites (N-methyl/N-ethyl adjacent to an activating group) is 1. The number of aryl methyl sites for hydroxylation is 1. The summed E-state index contributed by atoms with van der Waals surface area (Å²) in [6, 6.07) is 5.19. The van der Waals surface area contributed by atoms with Crippen molar-refractivity contribution in [1.29, 1.82) is 5.26 Å². The van der Waals surface area contributed by atoms with Crippen molar-refractivity contribution in [2.45, 2.75) is 114 Å². The molecular weight excluding hydrogens is 845 g/mol. The Labute approximate surface area is 376 Å². The fourth-order valence-electron chi connectivity index (χ4n) is 10.8. The van der Waals surface area contributed by atoms with Gasteiger partial charge in [0.15, 0.2) is 40.0 Å². The molecule has 0 aromatic heterocycles. The molecule has 3 aromatic rings. The molecular formula is C47H54N4O12S. The van der Waals surface area contributed by atoms with E-state index in [9.17, 15) is 20.0 Å². The Bertz CT molecular complexity index is 2500. The summed E-state index contributed by atoms with van der Waals surface area (Å²) in [5.41, 5.74) is 3.36. The third-order valence-corrected chi connectivity index (χ3v) is 14.9. The van der Waals surface area contributed by atoms with Gasteiger partial charge in [0.05, 0.1) is 37.6 Å². The predicted molar refractivity (Wildman–Crippen MR) is 232 cm³/mol. The van der Waals surface area contributed by atoms with Gasteiger partial charge < -0.3 is 43.0 Å². The number of phenols is 1. The Morgan fingerprint density at radius 2 is 1.78 bits per heavy atom. The lowest BCUT2D eigenvalue weighted by atomic mass is 9.71. The number of carbonyl (C=O) groups is 3. The molecule has 10 rings (SSSR count). The number of phenolic OH excluding ortho intramolecular Hbond substituents is 1. The van der Waals surface area contributed by atoms with Crippen LogP contribution in [0.4, 0.5) is 4.79 Å². The molecule has 7 aliphatic heterocycles. The molecule has 2 saturated heterocycles. The number of thioether (sulfide) groups is 1. The minimum atomic E-state index is -1.45. The highest BCUT2D eigenvalue weighted by Gasteiger charge is 2.62. The number of aromatic hydroxyl groups is 1. The molecule has 4 bridgehead atoms. The van der Waals surface area contributed by atoms with Gasteiger partial charge in [-0.1, -0.05) is 13.0 Å². The highest BCUT2D eigenvalue weighted by Crippen LogP contribution is 2.64. The zero-order valence-corrected chi connectivity index (χ0v) is 38.4. The molecule has 1 spiro atoms. The maximum Gasteiger partial charge on any atom is 0.514 e. The summed E-state index contributed by atoms with van der Waals surface area (Å²) in [6.07, 6.45) is 0.800. The van der Waals surface area contributed by atoms with Crippen LogP contribution in [-0.2, 0) is 37.4 Å². The van der Waals surface area contributed by atoms with Crippen molar-refractivity contribution in [3.05, 3.63) is 62.7 Å². The number of hydrogen-bond donors (Lipinski definition) is 2. The van der Waals surface area contributed by atoms with Crippen LogP contribution < -0.4 is 33.7 Å². The van der Waals surface area contributed by atoms with E-state index in [1.807, 2.05) is 33.9 Å². The first-order chi connectivity index (χ1) is 30.6. The number of nitriles is 1. The number of benzene rings is 3. The van der Waals surface area contributed by atoms with Crippen LogP contribution >= 0.6 is 11.8 Å². The van der Waals surface area contributed by atoms with Gasteiger partial charge in [0.1, 0.15) is 24.0 Å². The molecule has 0 aliphatic carbocycles. The molecule has 2 N–H and O–H groups in total. The van der Waals surface area contributed by atoms with Gasteiger partial charge in [-0.25, -0.2) is 9.59 Å². The number of piperazine rings is 1. The van der Waals surface area contributed by atoms with Crippen molar-refractivity contribution in [3.63, 3.8) is 0 Å². The lowest BCUT2D eigenvalue weighted by Crippen LogP contribution is -2.69. The van der Waals surface area contributed by atoms with Crippen molar-refractivity contribution in [1.82, 2.24) is 15.1 Å². The van der Waals surface area contributed by atoms with Crippen LogP contribution in [0.15, 0.2) is 18.2 Å². The number of fused-ring (bicyclic) bond motifs is 9. The van der Waals surface area contributed by atoms with E-state index in [1.54, 1.807) is 32.9 Å². The van der Waals surface area contributed by atoms with Crippen LogP contribution in [0.5, 0.6) is 40.2 Å². The van der Waals surface area contributed by atoms with Gasteiger partial charge in [0.25, 0.3) is 0 Å². The van der Waals surface area contributed by atoms with Gasteiger partial charge in [0.2, 0.25) is 6.79 Å². The summed E-state index contributed by atoms with van der Waals surface area (Å²) in [4.78, 5) is 46.0. The molecule has 2 unspecified atom stereocenters. The van der Waals surface area contributed by atoms with Gasteiger partial charge in [0, 0.05) is 53.1 Å². The number of hydrogen-bond acceptors (Lipinski definition) is 17. The number of ether oxygens (including phenoxy) is 8. The predicted octanol–water partition coefficient (Wildman–Crippen LogP) is 6.38. The SMILES string of the molecule is CCCC(=O)Oc1c(C)c2c(c3c1[C@H]1SC[C@]4(NCCc5cc(OC(=O)OC(C)(C)C)c(OC)cc54)C(=O)OC[C@@H]3N3C1C1c4c(cc(C)c(OC)c4O)C[C@@H]([C@@H]3C#N)N1C)OCO2. The van der Waals surface area contributed by atoms with Gasteiger partial charge in [-0.3, -0.25) is 19.9 Å². The Hall–Kier alpha value is -5.41. The first-order valence-electron chi connectivity index (χ1n) is 21.7. The summed E-state index contributed by atoms with van der Waals surface area (Å²) in [6.45, 7) is 11.0. The van der Waals surface area contributed by atoms with Crippen LogP contribution in [0.2, 0.25) is 0 Å². The molecule has 340 valence electrons. The topological polar surface area (TPSA) is 188 Å². The summed E-state index contributed by atoms with van der Waals surface area (Å²) in [5.74, 6) is 1.10. The Morgan fingerprint density at radius 1 is 1.02 bits per heavy atom. The standard InChI is InChI=1S/C47H54N4O12S/c1-10-11-32(52)62-40-23(3)41-42(60-21-59-41)34-29-19-58-44(54)47(26-17-30(56-8)31(16-24(26)12-13-49-47)61-45(55)63-46(4,5)6)20-64-43(35(34)40)37-36-33-25(14-22(2)39(57-9)38(33)53)15-27(50(36)7)28(18-48)51(29)37/h14,16-17,27-29,36-37,43,49,53H,10-13,15,19-21H2,1-9H3/t27-,28-,29-,36?,37?,43+,47+/m0/s1. The Kier molecular flexibility index (Phi) is 11.1. The van der Waals surface area contributed by atoms with E-state index in [0.29, 0.717) is 76.6 Å². The number of methoxy groups -OCH3 is 2. The molecule has 0 radical (unpaired) electrons. The number of rotatable bonds is 6. The number of carbonyl (C=O) groups excluding carboxylic acids is 3. The van der Waals surface area contributed by atoms with Gasteiger partial charge >= 0.3 is 18.1 Å². The van der Waals surface area contributed by atoms with Crippen LogP contribution in [0.25, 0.3) is 0 Å². The Balaban J connectivity index is 1.27. The van der Waals surface area contributed by atoms with Crippen molar-refractivity contribution in [2.75, 3.05) is 47.0 Å². The van der Waals surface area contributed by atoms with Crippen molar-refractivity contribution < 1.29 is 57.4 Å².